The van der Waals surface area contributed by atoms with E-state index in [9.17, 15) is 4.79 Å². The van der Waals surface area contributed by atoms with Gasteiger partial charge in [-0.15, -0.1) is 0 Å². The second kappa shape index (κ2) is 5.67. The van der Waals surface area contributed by atoms with Crippen molar-refractivity contribution in [1.29, 1.82) is 0 Å². The van der Waals surface area contributed by atoms with E-state index >= 15 is 0 Å². The van der Waals surface area contributed by atoms with Gasteiger partial charge in [0.1, 0.15) is 5.75 Å². The van der Waals surface area contributed by atoms with Crippen molar-refractivity contribution < 1.29 is 9.53 Å². The average Bonchev–Trinajstić information content (AvgIpc) is 2.46. The fourth-order valence-corrected chi connectivity index (χ4v) is 1.93. The van der Waals surface area contributed by atoms with Crippen LogP contribution in [0.5, 0.6) is 5.75 Å². The van der Waals surface area contributed by atoms with Crippen LogP contribution in [-0.4, -0.2) is 12.9 Å². The SMILES string of the molecule is COc1ccccc1C(=O)c1ccc(C(C)N)cc1. The van der Waals surface area contributed by atoms with Gasteiger partial charge in [-0.3, -0.25) is 4.79 Å². The number of hydrogen-bond acceptors (Lipinski definition) is 3. The molecule has 0 spiro atoms. The Balaban J connectivity index is 2.33. The lowest BCUT2D eigenvalue weighted by atomic mass is 10.00. The first-order chi connectivity index (χ1) is 9.13. The minimum atomic E-state index is -0.0475. The molecule has 2 aromatic carbocycles. The van der Waals surface area contributed by atoms with Gasteiger partial charge in [0.15, 0.2) is 5.78 Å². The van der Waals surface area contributed by atoms with Gasteiger partial charge in [-0.2, -0.15) is 0 Å². The van der Waals surface area contributed by atoms with Crippen LogP contribution in [0.1, 0.15) is 34.5 Å². The van der Waals surface area contributed by atoms with Crippen LogP contribution < -0.4 is 10.5 Å². The molecule has 0 fully saturated rings. The Morgan fingerprint density at radius 3 is 2.32 bits per heavy atom. The molecule has 0 saturated carbocycles. The summed E-state index contributed by atoms with van der Waals surface area (Å²) in [4.78, 5) is 12.4. The van der Waals surface area contributed by atoms with Crippen LogP contribution in [0.4, 0.5) is 0 Å². The third-order valence-corrected chi connectivity index (χ3v) is 3.05. The van der Waals surface area contributed by atoms with Gasteiger partial charge in [0.25, 0.3) is 0 Å². The number of methoxy groups -OCH3 is 1. The Hall–Kier alpha value is -2.13. The normalized spacial score (nSPS) is 11.9. The van der Waals surface area contributed by atoms with Crippen LogP contribution in [0.2, 0.25) is 0 Å². The van der Waals surface area contributed by atoms with E-state index in [1.54, 1.807) is 31.4 Å². The zero-order valence-electron chi connectivity index (χ0n) is 11.1. The van der Waals surface area contributed by atoms with Gasteiger partial charge in [0.05, 0.1) is 12.7 Å². The van der Waals surface area contributed by atoms with Crippen molar-refractivity contribution in [3.05, 3.63) is 65.2 Å². The third kappa shape index (κ3) is 2.83. The number of rotatable bonds is 4. The number of ether oxygens (including phenoxy) is 1. The van der Waals surface area contributed by atoms with Crippen LogP contribution >= 0.6 is 0 Å². The van der Waals surface area contributed by atoms with Crippen molar-refractivity contribution in [2.24, 2.45) is 5.73 Å². The number of carbonyl (C=O) groups is 1. The summed E-state index contributed by atoms with van der Waals surface area (Å²) in [6, 6.07) is 14.5. The Labute approximate surface area is 113 Å². The maximum absolute atomic E-state index is 12.4. The summed E-state index contributed by atoms with van der Waals surface area (Å²) in [6.07, 6.45) is 0. The van der Waals surface area contributed by atoms with Gasteiger partial charge in [-0.25, -0.2) is 0 Å². The minimum absolute atomic E-state index is 0.0320. The Morgan fingerprint density at radius 2 is 1.74 bits per heavy atom. The highest BCUT2D eigenvalue weighted by atomic mass is 16.5. The molecule has 0 heterocycles. The van der Waals surface area contributed by atoms with E-state index in [-0.39, 0.29) is 11.8 Å². The largest absolute Gasteiger partial charge is 0.496 e. The smallest absolute Gasteiger partial charge is 0.196 e. The molecule has 3 nitrogen and oxygen atoms in total. The molecule has 2 aromatic rings. The number of carbonyl (C=O) groups excluding carboxylic acids is 1. The van der Waals surface area contributed by atoms with Crippen molar-refractivity contribution >= 4 is 5.78 Å². The van der Waals surface area contributed by atoms with Crippen LogP contribution in [0.15, 0.2) is 48.5 Å². The standard InChI is InChI=1S/C16H17NO2/c1-11(17)12-7-9-13(10-8-12)16(18)14-5-3-4-6-15(14)19-2/h3-11H,17H2,1-2H3. The van der Waals surface area contributed by atoms with Gasteiger partial charge in [-0.05, 0) is 24.6 Å². The van der Waals surface area contributed by atoms with Crippen molar-refractivity contribution in [2.75, 3.05) is 7.11 Å². The summed E-state index contributed by atoms with van der Waals surface area (Å²) in [5, 5.41) is 0. The lowest BCUT2D eigenvalue weighted by molar-refractivity contribution is 0.103. The van der Waals surface area contributed by atoms with Gasteiger partial charge < -0.3 is 10.5 Å². The molecule has 19 heavy (non-hydrogen) atoms. The van der Waals surface area contributed by atoms with Crippen molar-refractivity contribution in [3.63, 3.8) is 0 Å². The van der Waals surface area contributed by atoms with Crippen LogP contribution in [-0.2, 0) is 0 Å². The van der Waals surface area contributed by atoms with Crippen LogP contribution in [0.3, 0.4) is 0 Å². The number of para-hydroxylation sites is 1. The minimum Gasteiger partial charge on any atom is -0.496 e. The number of nitrogens with two attached hydrogens (primary N) is 1. The van der Waals surface area contributed by atoms with Gasteiger partial charge in [0.2, 0.25) is 0 Å². The summed E-state index contributed by atoms with van der Waals surface area (Å²) in [7, 11) is 1.56. The molecule has 98 valence electrons. The second-order valence-corrected chi connectivity index (χ2v) is 4.44. The number of hydrogen-bond donors (Lipinski definition) is 1. The predicted molar refractivity (Wildman–Crippen MR) is 75.5 cm³/mol. The molecule has 0 aliphatic carbocycles. The fourth-order valence-electron chi connectivity index (χ4n) is 1.93. The van der Waals surface area contributed by atoms with Gasteiger partial charge >= 0.3 is 0 Å². The molecule has 0 radical (unpaired) electrons. The highest BCUT2D eigenvalue weighted by molar-refractivity contribution is 6.10. The topological polar surface area (TPSA) is 52.3 Å². The summed E-state index contributed by atoms with van der Waals surface area (Å²) >= 11 is 0. The molecule has 0 bridgehead atoms. The average molecular weight is 255 g/mol. The predicted octanol–water partition coefficient (Wildman–Crippen LogP) is 2.95. The summed E-state index contributed by atoms with van der Waals surface area (Å²) in [5.41, 5.74) is 8.00. The van der Waals surface area contributed by atoms with Crippen molar-refractivity contribution in [2.45, 2.75) is 13.0 Å². The molecule has 2 rings (SSSR count). The molecule has 3 heteroatoms. The molecule has 1 atom stereocenters. The highest BCUT2D eigenvalue weighted by Gasteiger charge is 2.13. The first-order valence-corrected chi connectivity index (χ1v) is 6.16. The molecule has 1 unspecified atom stereocenters. The van der Waals surface area contributed by atoms with E-state index in [1.165, 1.54) is 0 Å². The molecule has 0 saturated heterocycles. The zero-order valence-corrected chi connectivity index (χ0v) is 11.1. The highest BCUT2D eigenvalue weighted by Crippen LogP contribution is 2.21. The van der Waals surface area contributed by atoms with E-state index < -0.39 is 0 Å². The fraction of sp³-hybridized carbons (Fsp3) is 0.188. The quantitative estimate of drug-likeness (QED) is 0.854. The van der Waals surface area contributed by atoms with E-state index in [2.05, 4.69) is 0 Å². The molecular weight excluding hydrogens is 238 g/mol. The number of ketones is 1. The zero-order chi connectivity index (χ0) is 13.8. The molecular formula is C16H17NO2. The van der Waals surface area contributed by atoms with E-state index in [1.807, 2.05) is 31.2 Å². The third-order valence-electron chi connectivity index (χ3n) is 3.05. The maximum atomic E-state index is 12.4. The summed E-state index contributed by atoms with van der Waals surface area (Å²) in [5.74, 6) is 0.539. The molecule has 0 amide bonds. The molecule has 0 aliphatic rings. The van der Waals surface area contributed by atoms with Gasteiger partial charge in [-0.1, -0.05) is 36.4 Å². The first-order valence-electron chi connectivity index (χ1n) is 6.16. The Bertz CT molecular complexity index is 574. The van der Waals surface area contributed by atoms with Crippen LogP contribution in [0.25, 0.3) is 0 Å². The Kier molecular flexibility index (Phi) is 3.97. The summed E-state index contributed by atoms with van der Waals surface area (Å²) in [6.45, 7) is 1.91. The second-order valence-electron chi connectivity index (χ2n) is 4.44. The molecule has 0 aliphatic heterocycles. The summed E-state index contributed by atoms with van der Waals surface area (Å²) < 4.78 is 5.21. The van der Waals surface area contributed by atoms with Crippen molar-refractivity contribution in [1.82, 2.24) is 0 Å². The van der Waals surface area contributed by atoms with E-state index in [4.69, 9.17) is 10.5 Å². The van der Waals surface area contributed by atoms with E-state index in [0.717, 1.165) is 5.56 Å². The number of benzene rings is 2. The molecule has 0 aromatic heterocycles. The first kappa shape index (κ1) is 13.3. The van der Waals surface area contributed by atoms with Gasteiger partial charge in [0, 0.05) is 11.6 Å². The lowest BCUT2D eigenvalue weighted by Crippen LogP contribution is -2.07. The van der Waals surface area contributed by atoms with Crippen LogP contribution in [0, 0.1) is 0 Å². The van der Waals surface area contributed by atoms with Crippen molar-refractivity contribution in [3.8, 4) is 5.75 Å². The monoisotopic (exact) mass is 255 g/mol. The maximum Gasteiger partial charge on any atom is 0.196 e. The molecule has 2 N–H and O–H groups in total. The van der Waals surface area contributed by atoms with E-state index in [0.29, 0.717) is 16.9 Å². The Morgan fingerprint density at radius 1 is 1.11 bits per heavy atom. The lowest BCUT2D eigenvalue weighted by Gasteiger charge is -2.09.